The van der Waals surface area contributed by atoms with Gasteiger partial charge in [-0.25, -0.2) is 8.78 Å². The summed E-state index contributed by atoms with van der Waals surface area (Å²) in [4.78, 5) is 11.3. The van der Waals surface area contributed by atoms with E-state index in [1.807, 2.05) is 6.92 Å². The lowest BCUT2D eigenvalue weighted by molar-refractivity contribution is -0.116. The number of carbonyl (C=O) groups is 1. The first-order valence-electron chi connectivity index (χ1n) is 5.39. The highest BCUT2D eigenvalue weighted by atomic mass is 19.1. The summed E-state index contributed by atoms with van der Waals surface area (Å²) in [5, 5.41) is 2.25. The number of amides is 1. The first-order valence-corrected chi connectivity index (χ1v) is 5.39. The number of halogens is 2. The average Bonchev–Trinajstić information content (AvgIpc) is 2.24. The lowest BCUT2D eigenvalue weighted by Crippen LogP contribution is -2.13. The number of para-hydroxylation sites is 1. The first kappa shape index (κ1) is 12.6. The van der Waals surface area contributed by atoms with Crippen molar-refractivity contribution in [3.05, 3.63) is 29.8 Å². The van der Waals surface area contributed by atoms with Crippen molar-refractivity contribution in [2.75, 3.05) is 5.32 Å². The lowest BCUT2D eigenvalue weighted by atomic mass is 10.2. The predicted molar refractivity (Wildman–Crippen MR) is 59.1 cm³/mol. The van der Waals surface area contributed by atoms with Gasteiger partial charge in [0.1, 0.15) is 17.3 Å². The number of rotatable bonds is 5. The van der Waals surface area contributed by atoms with Gasteiger partial charge in [0.15, 0.2) is 0 Å². The second-order valence-electron chi connectivity index (χ2n) is 3.60. The zero-order chi connectivity index (χ0) is 12.0. The fraction of sp³-hybridized carbons (Fsp3) is 0.417. The van der Waals surface area contributed by atoms with Crippen molar-refractivity contribution in [2.45, 2.75) is 32.6 Å². The van der Waals surface area contributed by atoms with Gasteiger partial charge in [-0.3, -0.25) is 4.79 Å². The smallest absolute Gasteiger partial charge is 0.224 e. The minimum absolute atomic E-state index is 0.293. The third-order valence-corrected chi connectivity index (χ3v) is 2.23. The Morgan fingerprint density at radius 3 is 2.44 bits per heavy atom. The summed E-state index contributed by atoms with van der Waals surface area (Å²) in [6.45, 7) is 2.02. The van der Waals surface area contributed by atoms with E-state index in [-0.39, 0.29) is 11.6 Å². The standard InChI is InChI=1S/C12H15F2NO/c1-2-3-4-8-11(16)15-12-9(13)6-5-7-10(12)14/h5-7H,2-4,8H2,1H3,(H,15,16). The van der Waals surface area contributed by atoms with Gasteiger partial charge in [-0.15, -0.1) is 0 Å². The molecule has 1 rings (SSSR count). The van der Waals surface area contributed by atoms with Crippen LogP contribution in [-0.4, -0.2) is 5.91 Å². The van der Waals surface area contributed by atoms with Crippen LogP contribution < -0.4 is 5.32 Å². The molecule has 1 aromatic carbocycles. The second kappa shape index (κ2) is 6.20. The molecule has 1 amide bonds. The predicted octanol–water partition coefficient (Wildman–Crippen LogP) is 3.48. The molecule has 4 heteroatoms. The Labute approximate surface area is 93.7 Å². The number of benzene rings is 1. The van der Waals surface area contributed by atoms with Crippen molar-refractivity contribution in [2.24, 2.45) is 0 Å². The van der Waals surface area contributed by atoms with Crippen molar-refractivity contribution in [1.82, 2.24) is 0 Å². The summed E-state index contributed by atoms with van der Waals surface area (Å²) in [6, 6.07) is 3.49. The maximum Gasteiger partial charge on any atom is 0.224 e. The number of nitrogens with one attached hydrogen (secondary N) is 1. The molecule has 1 aromatic rings. The molecular formula is C12H15F2NO. The molecule has 0 atom stereocenters. The molecule has 1 N–H and O–H groups in total. The van der Waals surface area contributed by atoms with E-state index >= 15 is 0 Å². The molecule has 0 bridgehead atoms. The monoisotopic (exact) mass is 227 g/mol. The van der Waals surface area contributed by atoms with Gasteiger partial charge >= 0.3 is 0 Å². The van der Waals surface area contributed by atoms with E-state index in [4.69, 9.17) is 0 Å². The molecule has 0 saturated heterocycles. The Morgan fingerprint density at radius 1 is 1.25 bits per heavy atom. The second-order valence-corrected chi connectivity index (χ2v) is 3.60. The van der Waals surface area contributed by atoms with Gasteiger partial charge in [-0.2, -0.15) is 0 Å². The van der Waals surface area contributed by atoms with Crippen LogP contribution in [0.2, 0.25) is 0 Å². The third-order valence-electron chi connectivity index (χ3n) is 2.23. The fourth-order valence-corrected chi connectivity index (χ4v) is 1.35. The van der Waals surface area contributed by atoms with Crippen LogP contribution in [0.4, 0.5) is 14.5 Å². The van der Waals surface area contributed by atoms with Crippen molar-refractivity contribution >= 4 is 11.6 Å². The van der Waals surface area contributed by atoms with Crippen molar-refractivity contribution in [3.63, 3.8) is 0 Å². The van der Waals surface area contributed by atoms with E-state index in [0.29, 0.717) is 6.42 Å². The van der Waals surface area contributed by atoms with E-state index in [1.54, 1.807) is 0 Å². The molecule has 0 aromatic heterocycles. The quantitative estimate of drug-likeness (QED) is 0.766. The summed E-state index contributed by atoms with van der Waals surface area (Å²) in [7, 11) is 0. The molecule has 0 aliphatic rings. The highest BCUT2D eigenvalue weighted by Gasteiger charge is 2.10. The number of unbranched alkanes of at least 4 members (excludes halogenated alkanes) is 2. The van der Waals surface area contributed by atoms with Crippen LogP contribution in [-0.2, 0) is 4.79 Å². The van der Waals surface area contributed by atoms with Crippen molar-refractivity contribution < 1.29 is 13.6 Å². The molecule has 2 nitrogen and oxygen atoms in total. The van der Waals surface area contributed by atoms with Crippen LogP contribution >= 0.6 is 0 Å². The minimum Gasteiger partial charge on any atom is -0.321 e. The normalized spacial score (nSPS) is 10.2. The highest BCUT2D eigenvalue weighted by Crippen LogP contribution is 2.18. The zero-order valence-corrected chi connectivity index (χ0v) is 9.22. The molecule has 0 unspecified atom stereocenters. The Kier molecular flexibility index (Phi) is 4.89. The molecule has 0 heterocycles. The minimum atomic E-state index is -0.746. The third kappa shape index (κ3) is 3.61. The average molecular weight is 227 g/mol. The van der Waals surface area contributed by atoms with Gasteiger partial charge in [-0.1, -0.05) is 25.8 Å². The van der Waals surface area contributed by atoms with Crippen LogP contribution in [0.25, 0.3) is 0 Å². The van der Waals surface area contributed by atoms with Crippen LogP contribution in [0, 0.1) is 11.6 Å². The van der Waals surface area contributed by atoms with Gasteiger partial charge in [0.2, 0.25) is 5.91 Å². The highest BCUT2D eigenvalue weighted by molar-refractivity contribution is 5.90. The zero-order valence-electron chi connectivity index (χ0n) is 9.22. The van der Waals surface area contributed by atoms with Gasteiger partial charge in [0.25, 0.3) is 0 Å². The van der Waals surface area contributed by atoms with Crippen LogP contribution in [0.5, 0.6) is 0 Å². The number of hydrogen-bond donors (Lipinski definition) is 1. The van der Waals surface area contributed by atoms with Crippen LogP contribution in [0.15, 0.2) is 18.2 Å². The van der Waals surface area contributed by atoms with E-state index in [2.05, 4.69) is 5.32 Å². The van der Waals surface area contributed by atoms with Gasteiger partial charge in [0.05, 0.1) is 0 Å². The van der Waals surface area contributed by atoms with Gasteiger partial charge in [0, 0.05) is 6.42 Å². The van der Waals surface area contributed by atoms with E-state index in [0.717, 1.165) is 31.4 Å². The largest absolute Gasteiger partial charge is 0.321 e. The van der Waals surface area contributed by atoms with Gasteiger partial charge < -0.3 is 5.32 Å². The molecule has 0 spiro atoms. The summed E-state index contributed by atoms with van der Waals surface area (Å²) in [6.07, 6.45) is 2.97. The summed E-state index contributed by atoms with van der Waals surface area (Å²) in [5.74, 6) is -1.84. The molecular weight excluding hydrogens is 212 g/mol. The molecule has 0 saturated carbocycles. The number of hydrogen-bond acceptors (Lipinski definition) is 1. The summed E-state index contributed by atoms with van der Waals surface area (Å²) < 4.78 is 26.3. The maximum absolute atomic E-state index is 13.1. The molecule has 88 valence electrons. The van der Waals surface area contributed by atoms with E-state index in [9.17, 15) is 13.6 Å². The molecule has 16 heavy (non-hydrogen) atoms. The molecule has 0 aliphatic heterocycles. The fourth-order valence-electron chi connectivity index (χ4n) is 1.35. The van der Waals surface area contributed by atoms with Crippen LogP contribution in [0.3, 0.4) is 0 Å². The Balaban J connectivity index is 2.56. The van der Waals surface area contributed by atoms with E-state index in [1.165, 1.54) is 6.07 Å². The number of carbonyl (C=O) groups excluding carboxylic acids is 1. The van der Waals surface area contributed by atoms with Gasteiger partial charge in [-0.05, 0) is 18.6 Å². The molecule has 0 radical (unpaired) electrons. The summed E-state index contributed by atoms with van der Waals surface area (Å²) >= 11 is 0. The van der Waals surface area contributed by atoms with Crippen molar-refractivity contribution in [1.29, 1.82) is 0 Å². The topological polar surface area (TPSA) is 29.1 Å². The SMILES string of the molecule is CCCCCC(=O)Nc1c(F)cccc1F. The molecule has 0 aliphatic carbocycles. The Hall–Kier alpha value is -1.45. The lowest BCUT2D eigenvalue weighted by Gasteiger charge is -2.06. The number of anilines is 1. The van der Waals surface area contributed by atoms with Crippen molar-refractivity contribution in [3.8, 4) is 0 Å². The van der Waals surface area contributed by atoms with Crippen LogP contribution in [0.1, 0.15) is 32.6 Å². The Bertz CT molecular complexity index is 346. The first-order chi connectivity index (χ1) is 7.65. The maximum atomic E-state index is 13.1. The Morgan fingerprint density at radius 2 is 1.88 bits per heavy atom. The molecule has 0 fully saturated rings. The summed E-state index contributed by atoms with van der Waals surface area (Å²) in [5.41, 5.74) is -0.357. The van der Waals surface area contributed by atoms with E-state index < -0.39 is 11.6 Å².